The van der Waals surface area contributed by atoms with E-state index in [1.165, 1.54) is 19.3 Å². The van der Waals surface area contributed by atoms with Crippen LogP contribution in [0.3, 0.4) is 0 Å². The second kappa shape index (κ2) is 4.63. The van der Waals surface area contributed by atoms with Gasteiger partial charge in [0.25, 0.3) is 0 Å². The van der Waals surface area contributed by atoms with Crippen LogP contribution < -0.4 is 5.73 Å². The van der Waals surface area contributed by atoms with Gasteiger partial charge in [-0.3, -0.25) is 4.90 Å². The van der Waals surface area contributed by atoms with E-state index in [4.69, 9.17) is 5.73 Å². The third kappa shape index (κ3) is 1.95. The van der Waals surface area contributed by atoms with Crippen LogP contribution in [0.1, 0.15) is 37.8 Å². The Morgan fingerprint density at radius 1 is 1.33 bits per heavy atom. The molecule has 4 unspecified atom stereocenters. The molecule has 0 aromatic heterocycles. The van der Waals surface area contributed by atoms with Crippen molar-refractivity contribution in [2.24, 2.45) is 11.7 Å². The first-order chi connectivity index (χ1) is 8.66. The van der Waals surface area contributed by atoms with Gasteiger partial charge in [0.15, 0.2) is 0 Å². The lowest BCUT2D eigenvalue weighted by Gasteiger charge is -2.37. The largest absolute Gasteiger partial charge is 0.326 e. The van der Waals surface area contributed by atoms with Crippen molar-refractivity contribution < 1.29 is 4.39 Å². The lowest BCUT2D eigenvalue weighted by Crippen LogP contribution is -2.43. The molecule has 2 bridgehead atoms. The minimum Gasteiger partial charge on any atom is -0.326 e. The van der Waals surface area contributed by atoms with Crippen LogP contribution in [0, 0.1) is 11.7 Å². The monoisotopic (exact) mass is 248 g/mol. The molecule has 1 aromatic rings. The quantitative estimate of drug-likeness (QED) is 0.891. The van der Waals surface area contributed by atoms with Crippen molar-refractivity contribution in [3.63, 3.8) is 0 Å². The maximum atomic E-state index is 14.0. The van der Waals surface area contributed by atoms with E-state index < -0.39 is 0 Å². The summed E-state index contributed by atoms with van der Waals surface area (Å²) >= 11 is 0. The van der Waals surface area contributed by atoms with E-state index in [1.807, 2.05) is 19.1 Å². The highest BCUT2D eigenvalue weighted by molar-refractivity contribution is 5.23. The molecular formula is C15H21FN2. The average Bonchev–Trinajstić information content (AvgIpc) is 2.94. The summed E-state index contributed by atoms with van der Waals surface area (Å²) in [6.45, 7) is 3.08. The van der Waals surface area contributed by atoms with Crippen LogP contribution in [0.15, 0.2) is 24.3 Å². The molecule has 3 heteroatoms. The molecule has 1 saturated heterocycles. The van der Waals surface area contributed by atoms with Crippen LogP contribution in [-0.2, 0) is 0 Å². The van der Waals surface area contributed by atoms with Crippen molar-refractivity contribution in [1.82, 2.24) is 4.90 Å². The van der Waals surface area contributed by atoms with E-state index in [9.17, 15) is 4.39 Å². The smallest absolute Gasteiger partial charge is 0.128 e. The molecule has 0 spiro atoms. The Bertz CT molecular complexity index is 432. The van der Waals surface area contributed by atoms with Crippen molar-refractivity contribution in [2.75, 3.05) is 6.54 Å². The first kappa shape index (κ1) is 12.1. The molecule has 3 rings (SSSR count). The van der Waals surface area contributed by atoms with Crippen molar-refractivity contribution in [3.05, 3.63) is 35.6 Å². The Kier molecular flexibility index (Phi) is 3.12. The number of hydrogen-bond donors (Lipinski definition) is 1. The van der Waals surface area contributed by atoms with Gasteiger partial charge in [0.05, 0.1) is 6.04 Å². The summed E-state index contributed by atoms with van der Waals surface area (Å²) in [6, 6.07) is 7.68. The third-order valence-electron chi connectivity index (χ3n) is 4.53. The Labute approximate surface area is 108 Å². The Hall–Kier alpha value is -0.930. The van der Waals surface area contributed by atoms with Gasteiger partial charge in [0, 0.05) is 24.2 Å². The van der Waals surface area contributed by atoms with Crippen LogP contribution in [0.4, 0.5) is 4.39 Å². The topological polar surface area (TPSA) is 29.3 Å². The number of nitrogens with zero attached hydrogens (tertiary/aromatic N) is 1. The van der Waals surface area contributed by atoms with E-state index in [0.29, 0.717) is 6.04 Å². The minimum absolute atomic E-state index is 0.0292. The number of piperidine rings is 1. The third-order valence-corrected chi connectivity index (χ3v) is 4.53. The number of benzene rings is 1. The standard InChI is InChI=1S/C15H21FN2/c1-10(17)15(13-4-2-3-5-14(13)16)18-9-11-6-7-12(18)8-11/h2-5,10-12,15H,6-9,17H2,1H3. The lowest BCUT2D eigenvalue weighted by atomic mass is 9.96. The first-order valence-electron chi connectivity index (χ1n) is 6.92. The molecule has 1 heterocycles. The van der Waals surface area contributed by atoms with Gasteiger partial charge in [0.2, 0.25) is 0 Å². The molecular weight excluding hydrogens is 227 g/mol. The summed E-state index contributed by atoms with van der Waals surface area (Å²) in [5.41, 5.74) is 6.90. The summed E-state index contributed by atoms with van der Waals surface area (Å²) in [5, 5.41) is 0. The molecule has 4 atom stereocenters. The van der Waals surface area contributed by atoms with Crippen LogP contribution >= 0.6 is 0 Å². The Morgan fingerprint density at radius 2 is 2.11 bits per heavy atom. The molecule has 98 valence electrons. The van der Waals surface area contributed by atoms with Gasteiger partial charge in [-0.05, 0) is 38.2 Å². The Balaban J connectivity index is 1.92. The van der Waals surface area contributed by atoms with Gasteiger partial charge >= 0.3 is 0 Å². The number of halogens is 1. The molecule has 2 N–H and O–H groups in total. The predicted molar refractivity (Wildman–Crippen MR) is 70.6 cm³/mol. The molecule has 2 aliphatic rings. The fraction of sp³-hybridized carbons (Fsp3) is 0.600. The van der Waals surface area contributed by atoms with E-state index in [-0.39, 0.29) is 17.9 Å². The highest BCUT2D eigenvalue weighted by Crippen LogP contribution is 2.43. The zero-order valence-corrected chi connectivity index (χ0v) is 10.8. The summed E-state index contributed by atoms with van der Waals surface area (Å²) in [6.07, 6.45) is 3.87. The molecule has 2 fully saturated rings. The Morgan fingerprint density at radius 3 is 2.67 bits per heavy atom. The van der Waals surface area contributed by atoms with Crippen molar-refractivity contribution in [3.8, 4) is 0 Å². The number of nitrogens with two attached hydrogens (primary N) is 1. The highest BCUT2D eigenvalue weighted by Gasteiger charge is 2.42. The summed E-state index contributed by atoms with van der Waals surface area (Å²) in [5.74, 6) is 0.686. The molecule has 0 amide bonds. The minimum atomic E-state index is -0.123. The molecule has 1 aliphatic carbocycles. The van der Waals surface area contributed by atoms with Crippen molar-refractivity contribution in [1.29, 1.82) is 0 Å². The van der Waals surface area contributed by atoms with E-state index >= 15 is 0 Å². The van der Waals surface area contributed by atoms with Gasteiger partial charge in [-0.2, -0.15) is 0 Å². The summed E-state index contributed by atoms with van der Waals surface area (Å²) in [7, 11) is 0. The van der Waals surface area contributed by atoms with Gasteiger partial charge in [-0.15, -0.1) is 0 Å². The highest BCUT2D eigenvalue weighted by atomic mass is 19.1. The second-order valence-corrected chi connectivity index (χ2v) is 5.86. The number of rotatable bonds is 3. The first-order valence-corrected chi connectivity index (χ1v) is 6.92. The van der Waals surface area contributed by atoms with Gasteiger partial charge in [0.1, 0.15) is 5.82 Å². The number of likely N-dealkylation sites (tertiary alicyclic amines) is 1. The van der Waals surface area contributed by atoms with Crippen LogP contribution in [0.25, 0.3) is 0 Å². The number of hydrogen-bond acceptors (Lipinski definition) is 2. The SMILES string of the molecule is CC(N)C(c1ccccc1F)N1CC2CCC1C2. The normalized spacial score (nSPS) is 30.6. The summed E-state index contributed by atoms with van der Waals surface area (Å²) in [4.78, 5) is 2.44. The van der Waals surface area contributed by atoms with Gasteiger partial charge in [-0.25, -0.2) is 4.39 Å². The summed E-state index contributed by atoms with van der Waals surface area (Å²) < 4.78 is 14.0. The van der Waals surface area contributed by atoms with E-state index in [1.54, 1.807) is 12.1 Å². The van der Waals surface area contributed by atoms with E-state index in [0.717, 1.165) is 18.0 Å². The maximum Gasteiger partial charge on any atom is 0.128 e. The predicted octanol–water partition coefficient (Wildman–Crippen LogP) is 2.70. The molecule has 2 nitrogen and oxygen atoms in total. The zero-order valence-electron chi connectivity index (χ0n) is 10.8. The molecule has 1 aliphatic heterocycles. The second-order valence-electron chi connectivity index (χ2n) is 5.86. The lowest BCUT2D eigenvalue weighted by molar-refractivity contribution is 0.130. The molecule has 18 heavy (non-hydrogen) atoms. The van der Waals surface area contributed by atoms with Crippen LogP contribution in [0.5, 0.6) is 0 Å². The van der Waals surface area contributed by atoms with Crippen molar-refractivity contribution >= 4 is 0 Å². The zero-order chi connectivity index (χ0) is 12.7. The molecule has 0 radical (unpaired) electrons. The fourth-order valence-electron chi connectivity index (χ4n) is 3.78. The molecule has 1 aromatic carbocycles. The molecule has 1 saturated carbocycles. The van der Waals surface area contributed by atoms with Crippen LogP contribution in [-0.4, -0.2) is 23.5 Å². The fourth-order valence-corrected chi connectivity index (χ4v) is 3.78. The maximum absolute atomic E-state index is 14.0. The van der Waals surface area contributed by atoms with Gasteiger partial charge < -0.3 is 5.73 Å². The number of fused-ring (bicyclic) bond motifs is 2. The van der Waals surface area contributed by atoms with Crippen LogP contribution in [0.2, 0.25) is 0 Å². The average molecular weight is 248 g/mol. The van der Waals surface area contributed by atoms with Crippen molar-refractivity contribution in [2.45, 2.75) is 44.3 Å². The van der Waals surface area contributed by atoms with E-state index in [2.05, 4.69) is 4.90 Å². The van der Waals surface area contributed by atoms with Gasteiger partial charge in [-0.1, -0.05) is 18.2 Å².